The molecule has 0 bridgehead atoms. The molecule has 0 saturated heterocycles. The third kappa shape index (κ3) is 2.38. The number of aromatic nitrogens is 1. The number of fused-ring (bicyclic) bond motifs is 1. The molecular weight excluding hydrogens is 240 g/mol. The zero-order valence-electron chi connectivity index (χ0n) is 11.3. The summed E-state index contributed by atoms with van der Waals surface area (Å²) >= 11 is 0. The van der Waals surface area contributed by atoms with Crippen molar-refractivity contribution in [1.29, 1.82) is 0 Å². The summed E-state index contributed by atoms with van der Waals surface area (Å²) in [5.41, 5.74) is 2.69. The van der Waals surface area contributed by atoms with Crippen LogP contribution in [0.5, 0.6) is 0 Å². The number of rotatable bonds is 5. The van der Waals surface area contributed by atoms with Crippen LogP contribution in [0, 0.1) is 0 Å². The molecule has 100 valence electrons. The number of carbonyl (C=O) groups excluding carboxylic acids is 2. The first kappa shape index (κ1) is 13.3. The van der Waals surface area contributed by atoms with Crippen LogP contribution >= 0.6 is 0 Å². The fourth-order valence-corrected chi connectivity index (χ4v) is 2.36. The highest BCUT2D eigenvalue weighted by Gasteiger charge is 2.15. The van der Waals surface area contributed by atoms with Gasteiger partial charge in [0.15, 0.2) is 0 Å². The normalized spacial score (nSPS) is 10.6. The van der Waals surface area contributed by atoms with Crippen LogP contribution in [0.15, 0.2) is 24.4 Å². The average Bonchev–Trinajstić information content (AvgIpc) is 2.79. The van der Waals surface area contributed by atoms with E-state index in [2.05, 4.69) is 5.32 Å². The molecule has 0 atom stereocenters. The van der Waals surface area contributed by atoms with Crippen LogP contribution in [-0.2, 0) is 11.2 Å². The number of nitrogens with one attached hydrogen (secondary N) is 1. The van der Waals surface area contributed by atoms with Crippen molar-refractivity contribution >= 4 is 28.8 Å². The first-order chi connectivity index (χ1) is 9.22. The van der Waals surface area contributed by atoms with E-state index in [-0.39, 0.29) is 5.91 Å². The standard InChI is InChI=1S/C15H18N2O2/c1-3-5-14(19)17-10-11(8-9-18)15-12(16-2)6-4-7-13(15)17/h4,6-7,9-10,16H,3,5,8H2,1-2H3. The topological polar surface area (TPSA) is 51.1 Å². The molecule has 0 radical (unpaired) electrons. The van der Waals surface area contributed by atoms with Crippen molar-refractivity contribution in [2.24, 2.45) is 0 Å². The predicted octanol–water partition coefficient (Wildman–Crippen LogP) is 2.86. The third-order valence-corrected chi connectivity index (χ3v) is 3.21. The van der Waals surface area contributed by atoms with Gasteiger partial charge in [-0.15, -0.1) is 0 Å². The summed E-state index contributed by atoms with van der Waals surface area (Å²) < 4.78 is 1.67. The fraction of sp³-hybridized carbons (Fsp3) is 0.333. The van der Waals surface area contributed by atoms with Crippen LogP contribution in [0.4, 0.5) is 5.69 Å². The molecule has 0 fully saturated rings. The zero-order valence-corrected chi connectivity index (χ0v) is 11.3. The van der Waals surface area contributed by atoms with Crippen molar-refractivity contribution < 1.29 is 9.59 Å². The van der Waals surface area contributed by atoms with Crippen molar-refractivity contribution in [1.82, 2.24) is 4.57 Å². The second kappa shape index (κ2) is 5.69. The molecular formula is C15H18N2O2. The van der Waals surface area contributed by atoms with Crippen LogP contribution in [-0.4, -0.2) is 23.8 Å². The van der Waals surface area contributed by atoms with Gasteiger partial charge in [-0.05, 0) is 24.1 Å². The van der Waals surface area contributed by atoms with E-state index in [0.717, 1.165) is 34.9 Å². The van der Waals surface area contributed by atoms with Gasteiger partial charge in [0.1, 0.15) is 6.29 Å². The number of nitrogens with zero attached hydrogens (tertiary/aromatic N) is 1. The van der Waals surface area contributed by atoms with E-state index in [1.807, 2.05) is 32.2 Å². The lowest BCUT2D eigenvalue weighted by molar-refractivity contribution is -0.107. The van der Waals surface area contributed by atoms with Gasteiger partial charge in [0.25, 0.3) is 0 Å². The molecule has 2 rings (SSSR count). The molecule has 4 nitrogen and oxygen atoms in total. The maximum atomic E-state index is 12.1. The third-order valence-electron chi connectivity index (χ3n) is 3.21. The van der Waals surface area contributed by atoms with Crippen LogP contribution in [0.2, 0.25) is 0 Å². The number of hydrogen-bond acceptors (Lipinski definition) is 3. The van der Waals surface area contributed by atoms with Crippen LogP contribution in [0.1, 0.15) is 30.1 Å². The Labute approximate surface area is 112 Å². The number of anilines is 1. The quantitative estimate of drug-likeness (QED) is 0.839. The Bertz CT molecular complexity index is 614. The smallest absolute Gasteiger partial charge is 0.231 e. The minimum atomic E-state index is 0.0675. The Morgan fingerprint density at radius 3 is 2.84 bits per heavy atom. The monoisotopic (exact) mass is 258 g/mol. The first-order valence-corrected chi connectivity index (χ1v) is 6.50. The van der Waals surface area contributed by atoms with Gasteiger partial charge >= 0.3 is 0 Å². The van der Waals surface area contributed by atoms with Crippen LogP contribution in [0.25, 0.3) is 10.9 Å². The van der Waals surface area contributed by atoms with E-state index < -0.39 is 0 Å². The molecule has 0 aliphatic rings. The largest absolute Gasteiger partial charge is 0.388 e. The number of benzene rings is 1. The lowest BCUT2D eigenvalue weighted by Crippen LogP contribution is -2.08. The van der Waals surface area contributed by atoms with Gasteiger partial charge in [-0.2, -0.15) is 0 Å². The van der Waals surface area contributed by atoms with Crippen molar-refractivity contribution in [3.05, 3.63) is 30.0 Å². The van der Waals surface area contributed by atoms with Crippen molar-refractivity contribution in [2.45, 2.75) is 26.2 Å². The molecule has 1 heterocycles. The van der Waals surface area contributed by atoms with E-state index in [4.69, 9.17) is 0 Å². The summed E-state index contributed by atoms with van der Waals surface area (Å²) in [4.78, 5) is 22.9. The van der Waals surface area contributed by atoms with E-state index >= 15 is 0 Å². The summed E-state index contributed by atoms with van der Waals surface area (Å²) in [5, 5.41) is 4.07. The molecule has 4 heteroatoms. The molecule has 1 aromatic carbocycles. The molecule has 19 heavy (non-hydrogen) atoms. The van der Waals surface area contributed by atoms with Crippen molar-refractivity contribution in [3.8, 4) is 0 Å². The molecule has 0 aliphatic carbocycles. The number of aldehydes is 1. The number of carbonyl (C=O) groups is 2. The highest BCUT2D eigenvalue weighted by atomic mass is 16.2. The lowest BCUT2D eigenvalue weighted by Gasteiger charge is -2.05. The fourth-order valence-electron chi connectivity index (χ4n) is 2.36. The van der Waals surface area contributed by atoms with Gasteiger partial charge in [0.05, 0.1) is 5.52 Å². The molecule has 0 spiro atoms. The Balaban J connectivity index is 2.66. The maximum Gasteiger partial charge on any atom is 0.231 e. The Hall–Kier alpha value is -2.10. The minimum absolute atomic E-state index is 0.0675. The van der Waals surface area contributed by atoms with E-state index in [1.165, 1.54) is 0 Å². The Morgan fingerprint density at radius 1 is 1.42 bits per heavy atom. The van der Waals surface area contributed by atoms with Crippen LogP contribution in [0.3, 0.4) is 0 Å². The zero-order chi connectivity index (χ0) is 13.8. The molecule has 1 aromatic heterocycles. The van der Waals surface area contributed by atoms with Gasteiger partial charge in [-0.25, -0.2) is 0 Å². The summed E-state index contributed by atoms with van der Waals surface area (Å²) in [7, 11) is 1.84. The summed E-state index contributed by atoms with van der Waals surface area (Å²) in [6.45, 7) is 1.98. The van der Waals surface area contributed by atoms with E-state index in [9.17, 15) is 9.59 Å². The van der Waals surface area contributed by atoms with Crippen LogP contribution < -0.4 is 5.32 Å². The van der Waals surface area contributed by atoms with Crippen molar-refractivity contribution in [2.75, 3.05) is 12.4 Å². The van der Waals surface area contributed by atoms with E-state index in [0.29, 0.717) is 12.8 Å². The van der Waals surface area contributed by atoms with Gasteiger partial charge in [0, 0.05) is 37.2 Å². The summed E-state index contributed by atoms with van der Waals surface area (Å²) in [6.07, 6.45) is 4.30. The second-order valence-electron chi connectivity index (χ2n) is 4.49. The van der Waals surface area contributed by atoms with E-state index in [1.54, 1.807) is 10.8 Å². The molecule has 1 N–H and O–H groups in total. The van der Waals surface area contributed by atoms with Crippen molar-refractivity contribution in [3.63, 3.8) is 0 Å². The Kier molecular flexibility index (Phi) is 4.00. The highest BCUT2D eigenvalue weighted by molar-refractivity contribution is 6.01. The predicted molar refractivity (Wildman–Crippen MR) is 76.8 cm³/mol. The molecule has 0 saturated carbocycles. The SMILES string of the molecule is CCCC(=O)n1cc(CC=O)c2c(NC)cccc21. The maximum absolute atomic E-state index is 12.1. The first-order valence-electron chi connectivity index (χ1n) is 6.50. The average molecular weight is 258 g/mol. The highest BCUT2D eigenvalue weighted by Crippen LogP contribution is 2.29. The molecule has 0 aliphatic heterocycles. The molecule has 0 amide bonds. The van der Waals surface area contributed by atoms with Gasteiger partial charge in [-0.3, -0.25) is 9.36 Å². The molecule has 2 aromatic rings. The Morgan fingerprint density at radius 2 is 2.21 bits per heavy atom. The van der Waals surface area contributed by atoms with Gasteiger partial charge in [-0.1, -0.05) is 13.0 Å². The minimum Gasteiger partial charge on any atom is -0.388 e. The summed E-state index contributed by atoms with van der Waals surface area (Å²) in [5.74, 6) is 0.0675. The lowest BCUT2D eigenvalue weighted by atomic mass is 10.1. The van der Waals surface area contributed by atoms with Gasteiger partial charge in [0.2, 0.25) is 5.91 Å². The second-order valence-corrected chi connectivity index (χ2v) is 4.49. The summed E-state index contributed by atoms with van der Waals surface area (Å²) in [6, 6.07) is 5.78. The number of hydrogen-bond donors (Lipinski definition) is 1. The molecule has 0 unspecified atom stereocenters. The van der Waals surface area contributed by atoms with Gasteiger partial charge < -0.3 is 10.1 Å².